The Morgan fingerprint density at radius 1 is 1.39 bits per heavy atom. The van der Waals surface area contributed by atoms with Crippen LogP contribution in [0, 0.1) is 11.7 Å². The van der Waals surface area contributed by atoms with E-state index in [9.17, 15) is 9.18 Å². The lowest BCUT2D eigenvalue weighted by Gasteiger charge is -2.29. The molecule has 1 fully saturated rings. The fraction of sp³-hybridized carbons (Fsp3) is 0.462. The second-order valence-corrected chi connectivity index (χ2v) is 4.45. The summed E-state index contributed by atoms with van der Waals surface area (Å²) in [7, 11) is 0. The zero-order chi connectivity index (χ0) is 13.0. The molecule has 0 unspecified atom stereocenters. The Morgan fingerprint density at radius 3 is 2.67 bits per heavy atom. The van der Waals surface area contributed by atoms with Crippen LogP contribution in [0.25, 0.3) is 0 Å². The van der Waals surface area contributed by atoms with Gasteiger partial charge in [0.25, 0.3) is 0 Å². The van der Waals surface area contributed by atoms with Gasteiger partial charge in [0, 0.05) is 13.1 Å². The third-order valence-corrected chi connectivity index (χ3v) is 3.20. The first-order valence-electron chi connectivity index (χ1n) is 6.02. The van der Waals surface area contributed by atoms with E-state index in [-0.39, 0.29) is 11.6 Å². The number of hydrogen-bond acceptors (Lipinski definition) is 2. The normalized spacial score (nSPS) is 16.6. The Bertz CT molecular complexity index is 416. The molecule has 2 rings (SSSR count). The standard InChI is InChI=1S/C13H16FNO3/c14-11-3-1-2-4-12(11)18-9-10-5-7-15(8-6-10)13(16)17/h1-4,10H,5-9H2,(H,16,17). The number of likely N-dealkylation sites (tertiary alicyclic amines) is 1. The Hall–Kier alpha value is -1.78. The van der Waals surface area contributed by atoms with Crippen LogP contribution in [0.3, 0.4) is 0 Å². The summed E-state index contributed by atoms with van der Waals surface area (Å²) in [5, 5.41) is 8.81. The molecule has 0 saturated carbocycles. The van der Waals surface area contributed by atoms with Crippen LogP contribution in [0.5, 0.6) is 5.75 Å². The van der Waals surface area contributed by atoms with Gasteiger partial charge < -0.3 is 14.7 Å². The van der Waals surface area contributed by atoms with E-state index in [1.54, 1.807) is 18.2 Å². The van der Waals surface area contributed by atoms with Gasteiger partial charge in [0.1, 0.15) is 0 Å². The number of rotatable bonds is 3. The molecule has 4 nitrogen and oxygen atoms in total. The molecule has 1 aliphatic rings. The predicted molar refractivity (Wildman–Crippen MR) is 64.2 cm³/mol. The number of para-hydroxylation sites is 1. The van der Waals surface area contributed by atoms with Crippen molar-refractivity contribution < 1.29 is 19.0 Å². The van der Waals surface area contributed by atoms with Gasteiger partial charge in [-0.2, -0.15) is 0 Å². The van der Waals surface area contributed by atoms with E-state index < -0.39 is 6.09 Å². The van der Waals surface area contributed by atoms with Crippen molar-refractivity contribution >= 4 is 6.09 Å². The molecule has 1 aliphatic heterocycles. The summed E-state index contributed by atoms with van der Waals surface area (Å²) >= 11 is 0. The minimum Gasteiger partial charge on any atom is -0.490 e. The predicted octanol–water partition coefficient (Wildman–Crippen LogP) is 2.59. The first-order valence-corrected chi connectivity index (χ1v) is 6.02. The summed E-state index contributed by atoms with van der Waals surface area (Å²) in [6.07, 6.45) is 0.657. The van der Waals surface area contributed by atoms with Gasteiger partial charge in [-0.1, -0.05) is 12.1 Å². The highest BCUT2D eigenvalue weighted by atomic mass is 19.1. The van der Waals surface area contributed by atoms with E-state index in [4.69, 9.17) is 9.84 Å². The van der Waals surface area contributed by atoms with Crippen molar-refractivity contribution in [2.45, 2.75) is 12.8 Å². The number of carboxylic acid groups (broad SMARTS) is 1. The van der Waals surface area contributed by atoms with Crippen LogP contribution >= 0.6 is 0 Å². The van der Waals surface area contributed by atoms with E-state index in [1.807, 2.05) is 0 Å². The van der Waals surface area contributed by atoms with Crippen molar-refractivity contribution in [1.29, 1.82) is 0 Å². The van der Waals surface area contributed by atoms with Crippen molar-refractivity contribution in [3.63, 3.8) is 0 Å². The highest BCUT2D eigenvalue weighted by Gasteiger charge is 2.22. The van der Waals surface area contributed by atoms with E-state index in [2.05, 4.69) is 0 Å². The molecular formula is C13H16FNO3. The van der Waals surface area contributed by atoms with E-state index in [0.29, 0.717) is 25.6 Å². The summed E-state index contributed by atoms with van der Waals surface area (Å²) in [5.74, 6) is 0.193. The zero-order valence-corrected chi connectivity index (χ0v) is 10.0. The molecule has 0 radical (unpaired) electrons. The topological polar surface area (TPSA) is 49.8 Å². The highest BCUT2D eigenvalue weighted by molar-refractivity contribution is 5.64. The van der Waals surface area contributed by atoms with E-state index >= 15 is 0 Å². The first kappa shape index (κ1) is 12.7. The van der Waals surface area contributed by atoms with Crippen molar-refractivity contribution in [1.82, 2.24) is 4.90 Å². The summed E-state index contributed by atoms with van der Waals surface area (Å²) in [5.41, 5.74) is 0. The molecule has 0 aliphatic carbocycles. The second kappa shape index (κ2) is 5.71. The number of piperidine rings is 1. The number of hydrogen-bond donors (Lipinski definition) is 1. The van der Waals surface area contributed by atoms with Gasteiger partial charge in [-0.05, 0) is 30.9 Å². The number of amides is 1. The smallest absolute Gasteiger partial charge is 0.407 e. The number of halogens is 1. The maximum atomic E-state index is 13.3. The molecule has 1 aromatic carbocycles. The van der Waals surface area contributed by atoms with Crippen molar-refractivity contribution in [2.24, 2.45) is 5.92 Å². The molecule has 1 aromatic rings. The summed E-state index contributed by atoms with van der Waals surface area (Å²) in [6.45, 7) is 1.50. The monoisotopic (exact) mass is 253 g/mol. The molecule has 1 heterocycles. The maximum absolute atomic E-state index is 13.3. The van der Waals surface area contributed by atoms with Gasteiger partial charge in [-0.3, -0.25) is 0 Å². The largest absolute Gasteiger partial charge is 0.490 e. The van der Waals surface area contributed by atoms with Crippen molar-refractivity contribution in [2.75, 3.05) is 19.7 Å². The third-order valence-electron chi connectivity index (χ3n) is 3.20. The van der Waals surface area contributed by atoms with Gasteiger partial charge in [-0.15, -0.1) is 0 Å². The van der Waals surface area contributed by atoms with Crippen LogP contribution in [0.2, 0.25) is 0 Å². The van der Waals surface area contributed by atoms with E-state index in [0.717, 1.165) is 12.8 Å². The summed E-state index contributed by atoms with van der Waals surface area (Å²) in [6, 6.07) is 6.31. The van der Waals surface area contributed by atoms with Crippen molar-refractivity contribution in [3.8, 4) is 5.75 Å². The molecule has 1 saturated heterocycles. The van der Waals surface area contributed by atoms with Crippen LogP contribution in [0.15, 0.2) is 24.3 Å². The Labute approximate surface area is 105 Å². The van der Waals surface area contributed by atoms with Gasteiger partial charge >= 0.3 is 6.09 Å². The van der Waals surface area contributed by atoms with Crippen LogP contribution in [0.4, 0.5) is 9.18 Å². The second-order valence-electron chi connectivity index (χ2n) is 4.45. The van der Waals surface area contributed by atoms with Gasteiger partial charge in [0.05, 0.1) is 6.61 Å². The molecule has 0 atom stereocenters. The fourth-order valence-electron chi connectivity index (χ4n) is 2.06. The molecule has 0 aromatic heterocycles. The van der Waals surface area contributed by atoms with Gasteiger partial charge in [0.2, 0.25) is 0 Å². The molecule has 18 heavy (non-hydrogen) atoms. The van der Waals surface area contributed by atoms with Gasteiger partial charge in [-0.25, -0.2) is 9.18 Å². The molecule has 0 bridgehead atoms. The SMILES string of the molecule is O=C(O)N1CCC(COc2ccccc2F)CC1. The average Bonchev–Trinajstić information content (AvgIpc) is 2.38. The Kier molecular flexibility index (Phi) is 4.02. The number of benzene rings is 1. The molecular weight excluding hydrogens is 237 g/mol. The van der Waals surface area contributed by atoms with Crippen LogP contribution < -0.4 is 4.74 Å². The van der Waals surface area contributed by atoms with Crippen LogP contribution in [0.1, 0.15) is 12.8 Å². The summed E-state index contributed by atoms with van der Waals surface area (Å²) < 4.78 is 18.7. The third kappa shape index (κ3) is 3.12. The lowest BCUT2D eigenvalue weighted by atomic mass is 9.98. The Balaban J connectivity index is 1.79. The number of nitrogens with zero attached hydrogens (tertiary/aromatic N) is 1. The molecule has 98 valence electrons. The number of carbonyl (C=O) groups is 1. The first-order chi connectivity index (χ1) is 8.66. The fourth-order valence-corrected chi connectivity index (χ4v) is 2.06. The van der Waals surface area contributed by atoms with Gasteiger partial charge in [0.15, 0.2) is 11.6 Å². The van der Waals surface area contributed by atoms with Crippen LogP contribution in [-0.2, 0) is 0 Å². The minimum absolute atomic E-state index is 0.262. The Morgan fingerprint density at radius 2 is 2.06 bits per heavy atom. The lowest BCUT2D eigenvalue weighted by Crippen LogP contribution is -2.38. The zero-order valence-electron chi connectivity index (χ0n) is 10.0. The average molecular weight is 253 g/mol. The number of ether oxygens (including phenoxy) is 1. The van der Waals surface area contributed by atoms with E-state index in [1.165, 1.54) is 11.0 Å². The molecule has 5 heteroatoms. The lowest BCUT2D eigenvalue weighted by molar-refractivity contribution is 0.111. The molecule has 0 spiro atoms. The van der Waals surface area contributed by atoms with Crippen molar-refractivity contribution in [3.05, 3.63) is 30.1 Å². The molecule has 1 amide bonds. The minimum atomic E-state index is -0.872. The summed E-state index contributed by atoms with van der Waals surface area (Å²) in [4.78, 5) is 12.1. The molecule has 1 N–H and O–H groups in total. The maximum Gasteiger partial charge on any atom is 0.407 e. The quantitative estimate of drug-likeness (QED) is 0.900. The van der Waals surface area contributed by atoms with Crippen LogP contribution in [-0.4, -0.2) is 35.8 Å². The highest BCUT2D eigenvalue weighted by Crippen LogP contribution is 2.21.